The number of nitrogens with one attached hydrogen (secondary N) is 1. The zero-order valence-corrected chi connectivity index (χ0v) is 11.6. The van der Waals surface area contributed by atoms with Crippen molar-refractivity contribution in [2.75, 3.05) is 13.2 Å². The van der Waals surface area contributed by atoms with Gasteiger partial charge in [0.15, 0.2) is 0 Å². The molecule has 1 aliphatic heterocycles. The van der Waals surface area contributed by atoms with Crippen LogP contribution < -0.4 is 11.1 Å². The van der Waals surface area contributed by atoms with E-state index in [1.165, 1.54) is 0 Å². The molecular weight excluding hydrogens is 256 g/mol. The lowest BCUT2D eigenvalue weighted by Gasteiger charge is -2.18. The summed E-state index contributed by atoms with van der Waals surface area (Å²) in [5.41, 5.74) is 7.48. The van der Waals surface area contributed by atoms with Crippen molar-refractivity contribution in [3.05, 3.63) is 35.4 Å². The molecule has 0 unspecified atom stereocenters. The number of ether oxygens (including phenoxy) is 1. The van der Waals surface area contributed by atoms with E-state index in [0.717, 1.165) is 11.1 Å². The van der Waals surface area contributed by atoms with Gasteiger partial charge in [-0.25, -0.2) is 0 Å². The van der Waals surface area contributed by atoms with E-state index in [-0.39, 0.29) is 11.8 Å². The van der Waals surface area contributed by atoms with E-state index in [0.29, 0.717) is 26.1 Å². The number of carbonyl (C=O) groups excluding carboxylic acids is 2. The topological polar surface area (TPSA) is 81.4 Å². The van der Waals surface area contributed by atoms with Crippen molar-refractivity contribution in [3.8, 4) is 0 Å². The normalized spacial score (nSPS) is 19.6. The van der Waals surface area contributed by atoms with Crippen LogP contribution in [0.25, 0.3) is 0 Å². The van der Waals surface area contributed by atoms with Crippen molar-refractivity contribution in [1.29, 1.82) is 0 Å². The summed E-state index contributed by atoms with van der Waals surface area (Å²) in [6.07, 6.45) is 1.11. The fraction of sp³-hybridized carbons (Fsp3) is 0.467. The van der Waals surface area contributed by atoms with E-state index in [1.54, 1.807) is 0 Å². The van der Waals surface area contributed by atoms with E-state index < -0.39 is 11.9 Å². The lowest BCUT2D eigenvalue weighted by molar-refractivity contribution is -0.129. The Hall–Kier alpha value is -1.88. The third-order valence-electron chi connectivity index (χ3n) is 3.48. The Labute approximate surface area is 118 Å². The lowest BCUT2D eigenvalue weighted by Crippen LogP contribution is -2.48. The first-order valence-electron chi connectivity index (χ1n) is 6.79. The van der Waals surface area contributed by atoms with Crippen LogP contribution in [0.2, 0.25) is 0 Å². The molecule has 2 rings (SSSR count). The first kappa shape index (κ1) is 14.5. The Kier molecular flexibility index (Phi) is 4.74. The first-order valence-corrected chi connectivity index (χ1v) is 6.79. The highest BCUT2D eigenvalue weighted by Gasteiger charge is 2.27. The van der Waals surface area contributed by atoms with Crippen LogP contribution in [0, 0.1) is 12.8 Å². The monoisotopic (exact) mass is 276 g/mol. The largest absolute Gasteiger partial charge is 0.381 e. The summed E-state index contributed by atoms with van der Waals surface area (Å²) in [6, 6.07) is 7.14. The van der Waals surface area contributed by atoms with Gasteiger partial charge in [-0.15, -0.1) is 0 Å². The first-order chi connectivity index (χ1) is 9.56. The molecule has 1 saturated heterocycles. The average molecular weight is 276 g/mol. The molecule has 3 N–H and O–H groups in total. The zero-order valence-electron chi connectivity index (χ0n) is 11.6. The number of carbonyl (C=O) groups is 2. The van der Waals surface area contributed by atoms with Crippen molar-refractivity contribution >= 4 is 11.8 Å². The molecule has 0 aromatic heterocycles. The van der Waals surface area contributed by atoms with Gasteiger partial charge < -0.3 is 15.8 Å². The van der Waals surface area contributed by atoms with Gasteiger partial charge in [0, 0.05) is 13.0 Å². The van der Waals surface area contributed by atoms with Crippen LogP contribution in [0.3, 0.4) is 0 Å². The van der Waals surface area contributed by atoms with E-state index in [2.05, 4.69) is 5.32 Å². The smallest absolute Gasteiger partial charge is 0.240 e. The van der Waals surface area contributed by atoms with Gasteiger partial charge in [-0.1, -0.05) is 29.8 Å². The minimum Gasteiger partial charge on any atom is -0.381 e. The maximum absolute atomic E-state index is 12.0. The molecule has 108 valence electrons. The van der Waals surface area contributed by atoms with E-state index in [9.17, 15) is 9.59 Å². The SMILES string of the molecule is Cc1cccc(C[C@H](NC(=O)[C@H]2CCOC2)C(N)=O)c1. The summed E-state index contributed by atoms with van der Waals surface area (Å²) >= 11 is 0. The molecule has 5 heteroatoms. The van der Waals surface area contributed by atoms with Crippen LogP contribution >= 0.6 is 0 Å². The van der Waals surface area contributed by atoms with Crippen molar-refractivity contribution in [3.63, 3.8) is 0 Å². The van der Waals surface area contributed by atoms with Gasteiger partial charge in [0.2, 0.25) is 11.8 Å². The second kappa shape index (κ2) is 6.52. The molecule has 2 atom stereocenters. The Bertz CT molecular complexity index is 496. The van der Waals surface area contributed by atoms with Gasteiger partial charge in [0.25, 0.3) is 0 Å². The van der Waals surface area contributed by atoms with Crippen LogP contribution in [0.15, 0.2) is 24.3 Å². The molecule has 5 nitrogen and oxygen atoms in total. The number of hydrogen-bond acceptors (Lipinski definition) is 3. The third kappa shape index (κ3) is 3.81. The quantitative estimate of drug-likeness (QED) is 0.823. The van der Waals surface area contributed by atoms with Gasteiger partial charge >= 0.3 is 0 Å². The summed E-state index contributed by atoms with van der Waals surface area (Å²) < 4.78 is 5.18. The van der Waals surface area contributed by atoms with Gasteiger partial charge in [0.1, 0.15) is 6.04 Å². The van der Waals surface area contributed by atoms with E-state index in [1.807, 2.05) is 31.2 Å². The number of rotatable bonds is 5. The number of amides is 2. The number of hydrogen-bond donors (Lipinski definition) is 2. The summed E-state index contributed by atoms with van der Waals surface area (Å²) in [5, 5.41) is 2.73. The van der Waals surface area contributed by atoms with Gasteiger partial charge in [-0.3, -0.25) is 9.59 Å². The molecule has 1 fully saturated rings. The number of primary amides is 1. The van der Waals surface area contributed by atoms with Crippen LogP contribution in [0.4, 0.5) is 0 Å². The van der Waals surface area contributed by atoms with Gasteiger partial charge in [-0.05, 0) is 18.9 Å². The second-order valence-electron chi connectivity index (χ2n) is 5.22. The van der Waals surface area contributed by atoms with Crippen LogP contribution in [-0.2, 0) is 20.7 Å². The Balaban J connectivity index is 2.00. The summed E-state index contributed by atoms with van der Waals surface area (Å²) in [4.78, 5) is 23.5. The van der Waals surface area contributed by atoms with E-state index >= 15 is 0 Å². The van der Waals surface area contributed by atoms with Crippen molar-refractivity contribution in [2.45, 2.75) is 25.8 Å². The number of aryl methyl sites for hydroxylation is 1. The molecule has 1 aromatic carbocycles. The number of nitrogens with two attached hydrogens (primary N) is 1. The standard InChI is InChI=1S/C15H20N2O3/c1-10-3-2-4-11(7-10)8-13(14(16)18)17-15(19)12-5-6-20-9-12/h2-4,7,12-13H,5-6,8-9H2,1H3,(H2,16,18)(H,17,19)/t12-,13-/m0/s1. The minimum atomic E-state index is -0.676. The van der Waals surface area contributed by atoms with Crippen LogP contribution in [0.5, 0.6) is 0 Å². The summed E-state index contributed by atoms with van der Waals surface area (Å²) in [7, 11) is 0. The van der Waals surface area contributed by atoms with Gasteiger partial charge in [-0.2, -0.15) is 0 Å². The molecule has 0 radical (unpaired) electrons. The Morgan fingerprint density at radius 1 is 1.50 bits per heavy atom. The fourth-order valence-corrected chi connectivity index (χ4v) is 2.33. The molecule has 1 aromatic rings. The summed E-state index contributed by atoms with van der Waals surface area (Å²) in [5.74, 6) is -0.841. The highest BCUT2D eigenvalue weighted by molar-refractivity contribution is 5.87. The predicted molar refractivity (Wildman–Crippen MR) is 74.9 cm³/mol. The third-order valence-corrected chi connectivity index (χ3v) is 3.48. The minimum absolute atomic E-state index is 0.154. The molecule has 0 aliphatic carbocycles. The molecule has 0 spiro atoms. The Morgan fingerprint density at radius 2 is 2.30 bits per heavy atom. The predicted octanol–water partition coefficient (Wildman–Crippen LogP) is 0.544. The van der Waals surface area contributed by atoms with Gasteiger partial charge in [0.05, 0.1) is 12.5 Å². The maximum atomic E-state index is 12.0. The molecule has 0 saturated carbocycles. The lowest BCUT2D eigenvalue weighted by atomic mass is 10.0. The van der Waals surface area contributed by atoms with Crippen LogP contribution in [0.1, 0.15) is 17.5 Å². The molecular formula is C15H20N2O3. The van der Waals surface area contributed by atoms with E-state index in [4.69, 9.17) is 10.5 Å². The van der Waals surface area contributed by atoms with Crippen LogP contribution in [-0.4, -0.2) is 31.1 Å². The molecule has 20 heavy (non-hydrogen) atoms. The number of benzene rings is 1. The average Bonchev–Trinajstić information content (AvgIpc) is 2.91. The van der Waals surface area contributed by atoms with Crippen molar-refractivity contribution in [1.82, 2.24) is 5.32 Å². The van der Waals surface area contributed by atoms with Crippen molar-refractivity contribution in [2.24, 2.45) is 11.7 Å². The zero-order chi connectivity index (χ0) is 14.5. The highest BCUT2D eigenvalue weighted by Crippen LogP contribution is 2.13. The molecule has 2 amide bonds. The Morgan fingerprint density at radius 3 is 2.90 bits per heavy atom. The molecule has 0 bridgehead atoms. The van der Waals surface area contributed by atoms with Crippen molar-refractivity contribution < 1.29 is 14.3 Å². The summed E-state index contributed by atoms with van der Waals surface area (Å²) in [6.45, 7) is 3.00. The fourth-order valence-electron chi connectivity index (χ4n) is 2.33. The maximum Gasteiger partial charge on any atom is 0.240 e. The second-order valence-corrected chi connectivity index (χ2v) is 5.22. The molecule has 1 heterocycles. The molecule has 1 aliphatic rings. The highest BCUT2D eigenvalue weighted by atomic mass is 16.5.